The Morgan fingerprint density at radius 1 is 1.05 bits per heavy atom. The zero-order valence-electron chi connectivity index (χ0n) is 10.6. The van der Waals surface area contributed by atoms with Crippen LogP contribution in [-0.4, -0.2) is 23.8 Å². The molecule has 1 aromatic heterocycles. The van der Waals surface area contributed by atoms with Crippen LogP contribution in [0.25, 0.3) is 21.8 Å². The lowest BCUT2D eigenvalue weighted by molar-refractivity contribution is 0.216. The molecule has 6 nitrogen and oxygen atoms in total. The van der Waals surface area contributed by atoms with Crippen LogP contribution in [-0.2, 0) is 10.1 Å². The molecule has 0 unspecified atom stereocenters. The molecular formula is C14H9NO5S. The average molecular weight is 303 g/mol. The summed E-state index contributed by atoms with van der Waals surface area (Å²) >= 11 is 0. The molecule has 21 heavy (non-hydrogen) atoms. The van der Waals surface area contributed by atoms with E-state index in [1.807, 2.05) is 24.3 Å². The van der Waals surface area contributed by atoms with Gasteiger partial charge in [0.15, 0.2) is 5.75 Å². The van der Waals surface area contributed by atoms with Crippen LogP contribution in [0.2, 0.25) is 0 Å². The number of para-hydroxylation sites is 1. The highest BCUT2D eigenvalue weighted by molar-refractivity contribution is 8.01. The van der Waals surface area contributed by atoms with E-state index >= 15 is 0 Å². The van der Waals surface area contributed by atoms with Crippen molar-refractivity contribution >= 4 is 37.2 Å². The topological polar surface area (TPSA) is 93.6 Å². The molecule has 0 saturated carbocycles. The molecule has 0 atom stereocenters. The number of fused-ring (bicyclic) bond motifs is 2. The summed E-state index contributed by atoms with van der Waals surface area (Å²) in [5.41, 5.74) is 1.27. The smallest absolute Gasteiger partial charge is 0.461 e. The van der Waals surface area contributed by atoms with Crippen LogP contribution in [0.4, 0.5) is 4.79 Å². The van der Waals surface area contributed by atoms with Gasteiger partial charge >= 0.3 is 15.4 Å². The minimum Gasteiger partial charge on any atom is -0.467 e. The fourth-order valence-corrected chi connectivity index (χ4v) is 2.45. The fourth-order valence-electron chi connectivity index (χ4n) is 2.00. The fraction of sp³-hybridized carbons (Fsp3) is 0. The molecule has 106 valence electrons. The van der Waals surface area contributed by atoms with Gasteiger partial charge in [0.25, 0.3) is 0 Å². The molecule has 0 aliphatic heterocycles. The van der Waals surface area contributed by atoms with Crippen LogP contribution in [0.1, 0.15) is 0 Å². The van der Waals surface area contributed by atoms with Gasteiger partial charge in [-0.1, -0.05) is 24.3 Å². The number of carbonyl (C=O) groups is 1. The summed E-state index contributed by atoms with van der Waals surface area (Å²) in [6, 6.07) is 13.7. The molecule has 1 N–H and O–H groups in total. The Balaban J connectivity index is 2.24. The summed E-state index contributed by atoms with van der Waals surface area (Å²) in [5.74, 6) is -0.0619. The zero-order valence-corrected chi connectivity index (χ0v) is 11.4. The van der Waals surface area contributed by atoms with E-state index in [0.717, 1.165) is 10.9 Å². The van der Waals surface area contributed by atoms with Gasteiger partial charge in [0, 0.05) is 10.8 Å². The Kier molecular flexibility index (Phi) is 2.99. The number of carboxylic acid groups (broad SMARTS) is 1. The second-order valence-electron chi connectivity index (χ2n) is 4.31. The molecule has 0 amide bonds. The largest absolute Gasteiger partial charge is 0.467 e. The van der Waals surface area contributed by atoms with Gasteiger partial charge in [-0.2, -0.15) is 8.42 Å². The second-order valence-corrected chi connectivity index (χ2v) is 5.73. The summed E-state index contributed by atoms with van der Waals surface area (Å²) in [4.78, 5) is 15.0. The van der Waals surface area contributed by atoms with E-state index in [-0.39, 0.29) is 5.75 Å². The third-order valence-corrected chi connectivity index (χ3v) is 3.76. The van der Waals surface area contributed by atoms with Crippen molar-refractivity contribution in [2.45, 2.75) is 0 Å². The monoisotopic (exact) mass is 303 g/mol. The Labute approximate surface area is 119 Å². The van der Waals surface area contributed by atoms with E-state index in [0.29, 0.717) is 10.9 Å². The SMILES string of the molecule is O=C(O)S(=O)(=O)Oc1cccc2nc3ccccc3cc12. The van der Waals surface area contributed by atoms with E-state index in [9.17, 15) is 13.2 Å². The summed E-state index contributed by atoms with van der Waals surface area (Å²) < 4.78 is 27.4. The third-order valence-electron chi connectivity index (χ3n) is 2.93. The lowest BCUT2D eigenvalue weighted by Gasteiger charge is -2.07. The lowest BCUT2D eigenvalue weighted by atomic mass is 10.1. The van der Waals surface area contributed by atoms with Gasteiger partial charge in [-0.25, -0.2) is 9.78 Å². The van der Waals surface area contributed by atoms with Crippen LogP contribution in [0.15, 0.2) is 48.5 Å². The molecular weight excluding hydrogens is 294 g/mol. The van der Waals surface area contributed by atoms with Crippen LogP contribution in [0.5, 0.6) is 5.75 Å². The number of hydrogen-bond donors (Lipinski definition) is 1. The van der Waals surface area contributed by atoms with Crippen LogP contribution in [0, 0.1) is 0 Å². The number of pyridine rings is 1. The number of hydrogen-bond acceptors (Lipinski definition) is 5. The van der Waals surface area contributed by atoms with Crippen molar-refractivity contribution in [2.24, 2.45) is 0 Å². The van der Waals surface area contributed by atoms with E-state index < -0.39 is 15.4 Å². The van der Waals surface area contributed by atoms with Gasteiger partial charge in [-0.05, 0) is 24.3 Å². The van der Waals surface area contributed by atoms with E-state index in [1.54, 1.807) is 18.2 Å². The maximum absolute atomic E-state index is 11.4. The first kappa shape index (κ1) is 13.3. The Bertz CT molecular complexity index is 965. The molecule has 0 aliphatic carbocycles. The van der Waals surface area contributed by atoms with E-state index in [2.05, 4.69) is 9.17 Å². The Morgan fingerprint density at radius 2 is 1.76 bits per heavy atom. The summed E-state index contributed by atoms with van der Waals surface area (Å²) in [6.45, 7) is 0. The van der Waals surface area contributed by atoms with Crippen molar-refractivity contribution in [3.63, 3.8) is 0 Å². The summed E-state index contributed by atoms with van der Waals surface area (Å²) in [6.07, 6.45) is 0. The first-order chi connectivity index (χ1) is 9.97. The molecule has 2 aromatic carbocycles. The lowest BCUT2D eigenvalue weighted by Crippen LogP contribution is -2.18. The third kappa shape index (κ3) is 2.38. The van der Waals surface area contributed by atoms with Crippen LogP contribution in [0.3, 0.4) is 0 Å². The van der Waals surface area contributed by atoms with Gasteiger partial charge in [0.05, 0.1) is 11.0 Å². The number of rotatable bonds is 2. The van der Waals surface area contributed by atoms with Gasteiger partial charge < -0.3 is 9.29 Å². The first-order valence-corrected chi connectivity index (χ1v) is 7.34. The minimum atomic E-state index is -4.71. The quantitative estimate of drug-likeness (QED) is 0.578. The molecule has 3 aromatic rings. The number of benzene rings is 2. The highest BCUT2D eigenvalue weighted by Crippen LogP contribution is 2.28. The zero-order chi connectivity index (χ0) is 15.0. The van der Waals surface area contributed by atoms with Crippen molar-refractivity contribution < 1.29 is 22.5 Å². The average Bonchev–Trinajstić information content (AvgIpc) is 2.45. The number of aromatic nitrogens is 1. The summed E-state index contributed by atoms with van der Waals surface area (Å²) in [5, 5.41) is 7.82. The van der Waals surface area contributed by atoms with E-state index in [1.165, 1.54) is 6.07 Å². The second kappa shape index (κ2) is 4.71. The van der Waals surface area contributed by atoms with Gasteiger partial charge in [-0.15, -0.1) is 0 Å². The predicted octanol–water partition coefficient (Wildman–Crippen LogP) is 2.77. The Morgan fingerprint density at radius 3 is 2.52 bits per heavy atom. The molecule has 0 fully saturated rings. The van der Waals surface area contributed by atoms with E-state index in [4.69, 9.17) is 5.11 Å². The molecule has 7 heteroatoms. The maximum atomic E-state index is 11.4. The molecule has 3 rings (SSSR count). The van der Waals surface area contributed by atoms with Gasteiger partial charge in [0.1, 0.15) is 0 Å². The minimum absolute atomic E-state index is 0.0619. The maximum Gasteiger partial charge on any atom is 0.461 e. The molecule has 0 radical (unpaired) electrons. The van der Waals surface area contributed by atoms with Crippen molar-refractivity contribution in [2.75, 3.05) is 0 Å². The first-order valence-electron chi connectivity index (χ1n) is 5.93. The highest BCUT2D eigenvalue weighted by Gasteiger charge is 2.24. The molecule has 1 heterocycles. The number of nitrogens with zero attached hydrogens (tertiary/aromatic N) is 1. The van der Waals surface area contributed by atoms with Gasteiger partial charge in [-0.3, -0.25) is 0 Å². The highest BCUT2D eigenvalue weighted by atomic mass is 32.2. The van der Waals surface area contributed by atoms with Crippen LogP contribution < -0.4 is 4.18 Å². The molecule has 0 bridgehead atoms. The molecule has 0 aliphatic rings. The van der Waals surface area contributed by atoms with Gasteiger partial charge in [0.2, 0.25) is 0 Å². The van der Waals surface area contributed by atoms with Crippen molar-refractivity contribution in [3.8, 4) is 5.75 Å². The van der Waals surface area contributed by atoms with Crippen molar-refractivity contribution in [3.05, 3.63) is 48.5 Å². The molecule has 0 spiro atoms. The standard InChI is InChI=1S/C14H9NO5S/c16-14(17)21(18,19)20-13-7-3-6-12-10(13)8-9-4-1-2-5-11(9)15-12/h1-8H,(H,16,17). The molecule has 0 saturated heterocycles. The predicted molar refractivity (Wildman–Crippen MR) is 76.8 cm³/mol. The normalized spacial score (nSPS) is 11.6. The van der Waals surface area contributed by atoms with Crippen molar-refractivity contribution in [1.82, 2.24) is 4.98 Å². The van der Waals surface area contributed by atoms with Crippen molar-refractivity contribution in [1.29, 1.82) is 0 Å². The van der Waals surface area contributed by atoms with Crippen LogP contribution >= 0.6 is 0 Å². The Hall–Kier alpha value is -2.67. The summed E-state index contributed by atoms with van der Waals surface area (Å²) in [7, 11) is -4.71.